The van der Waals surface area contributed by atoms with Crippen LogP contribution in [0.25, 0.3) is 0 Å². The second kappa shape index (κ2) is 12.8. The zero-order valence-electron chi connectivity index (χ0n) is 16.2. The lowest BCUT2D eigenvalue weighted by molar-refractivity contribution is 0.187. The zero-order valence-corrected chi connectivity index (χ0v) is 18.5. The van der Waals surface area contributed by atoms with Crippen molar-refractivity contribution in [3.63, 3.8) is 0 Å². The van der Waals surface area contributed by atoms with Gasteiger partial charge in [-0.05, 0) is 48.6 Å². The van der Waals surface area contributed by atoms with Crippen LogP contribution in [0.2, 0.25) is 0 Å². The van der Waals surface area contributed by atoms with E-state index in [-0.39, 0.29) is 24.0 Å². The van der Waals surface area contributed by atoms with E-state index in [1.54, 1.807) is 18.7 Å². The van der Waals surface area contributed by atoms with Crippen LogP contribution in [0.15, 0.2) is 52.3 Å². The van der Waals surface area contributed by atoms with Gasteiger partial charge in [-0.1, -0.05) is 19.3 Å². The number of pyridine rings is 1. The summed E-state index contributed by atoms with van der Waals surface area (Å²) in [7, 11) is 0. The third-order valence-corrected chi connectivity index (χ3v) is 5.04. The molecule has 7 heteroatoms. The predicted octanol–water partition coefficient (Wildman–Crippen LogP) is 3.68. The molecule has 1 aliphatic carbocycles. The summed E-state index contributed by atoms with van der Waals surface area (Å²) < 4.78 is 5.38. The molecule has 0 aromatic carbocycles. The van der Waals surface area contributed by atoms with E-state index in [4.69, 9.17) is 4.42 Å². The molecule has 0 aliphatic heterocycles. The Morgan fingerprint density at radius 1 is 1.18 bits per heavy atom. The normalized spacial score (nSPS) is 16.2. The fourth-order valence-corrected chi connectivity index (χ4v) is 3.43. The largest absolute Gasteiger partial charge is 0.469 e. The number of furan rings is 1. The minimum atomic E-state index is -0.633. The van der Waals surface area contributed by atoms with Crippen molar-refractivity contribution in [3.8, 4) is 0 Å². The van der Waals surface area contributed by atoms with Crippen molar-refractivity contribution in [2.75, 3.05) is 19.6 Å². The lowest BCUT2D eigenvalue weighted by atomic mass is 9.89. The van der Waals surface area contributed by atoms with Crippen LogP contribution >= 0.6 is 24.0 Å². The highest BCUT2D eigenvalue weighted by Gasteiger charge is 2.14. The van der Waals surface area contributed by atoms with Crippen LogP contribution in [0.4, 0.5) is 0 Å². The van der Waals surface area contributed by atoms with E-state index < -0.39 is 6.10 Å². The van der Waals surface area contributed by atoms with Gasteiger partial charge < -0.3 is 20.2 Å². The minimum Gasteiger partial charge on any atom is -0.469 e. The van der Waals surface area contributed by atoms with Crippen LogP contribution in [0.1, 0.15) is 49.5 Å². The summed E-state index contributed by atoms with van der Waals surface area (Å²) in [5, 5.41) is 17.2. The van der Waals surface area contributed by atoms with E-state index >= 15 is 0 Å². The molecule has 1 aliphatic rings. The van der Waals surface area contributed by atoms with Gasteiger partial charge in [0.05, 0.1) is 18.9 Å². The topological polar surface area (TPSA) is 82.7 Å². The van der Waals surface area contributed by atoms with Gasteiger partial charge in [0.25, 0.3) is 0 Å². The first kappa shape index (κ1) is 22.7. The number of aromatic nitrogens is 1. The molecule has 2 aromatic heterocycles. The zero-order chi connectivity index (χ0) is 18.7. The van der Waals surface area contributed by atoms with E-state index in [0.717, 1.165) is 36.8 Å². The fraction of sp³-hybridized carbons (Fsp3) is 0.524. The Hall–Kier alpha value is -1.61. The molecule has 0 radical (unpaired) electrons. The number of halogens is 1. The summed E-state index contributed by atoms with van der Waals surface area (Å²) in [6, 6.07) is 7.51. The van der Waals surface area contributed by atoms with E-state index in [1.807, 2.05) is 24.3 Å². The predicted molar refractivity (Wildman–Crippen MR) is 122 cm³/mol. The maximum atomic E-state index is 10.4. The molecule has 2 aromatic rings. The molecular weight excluding hydrogens is 467 g/mol. The first-order chi connectivity index (χ1) is 13.3. The van der Waals surface area contributed by atoms with Crippen LogP contribution in [-0.2, 0) is 6.42 Å². The van der Waals surface area contributed by atoms with Gasteiger partial charge in [0.15, 0.2) is 5.96 Å². The summed E-state index contributed by atoms with van der Waals surface area (Å²) in [5.74, 6) is 2.41. The summed E-state index contributed by atoms with van der Waals surface area (Å²) in [4.78, 5) is 8.59. The van der Waals surface area contributed by atoms with Crippen molar-refractivity contribution in [1.29, 1.82) is 0 Å². The third-order valence-electron chi connectivity index (χ3n) is 5.04. The Labute approximate surface area is 184 Å². The van der Waals surface area contributed by atoms with Gasteiger partial charge in [-0.25, -0.2) is 0 Å². The summed E-state index contributed by atoms with van der Waals surface area (Å²) in [5.41, 5.74) is 0.830. The average Bonchev–Trinajstić information content (AvgIpc) is 3.24. The van der Waals surface area contributed by atoms with Crippen molar-refractivity contribution in [2.45, 2.75) is 44.6 Å². The number of aliphatic imine (C=N–C) groups is 1. The average molecular weight is 498 g/mol. The number of nitrogens with zero attached hydrogens (tertiary/aromatic N) is 2. The molecule has 1 fully saturated rings. The van der Waals surface area contributed by atoms with Crippen molar-refractivity contribution in [3.05, 3.63) is 54.2 Å². The highest BCUT2D eigenvalue weighted by atomic mass is 127. The number of hydrogen-bond donors (Lipinski definition) is 3. The Morgan fingerprint density at radius 3 is 2.68 bits per heavy atom. The van der Waals surface area contributed by atoms with Gasteiger partial charge in [0, 0.05) is 31.9 Å². The van der Waals surface area contributed by atoms with E-state index in [9.17, 15) is 5.11 Å². The van der Waals surface area contributed by atoms with Crippen LogP contribution in [0.3, 0.4) is 0 Å². The number of hydrogen-bond acceptors (Lipinski definition) is 4. The number of rotatable bonds is 8. The summed E-state index contributed by atoms with van der Waals surface area (Å²) in [6.07, 6.45) is 11.8. The Kier molecular flexibility index (Phi) is 10.3. The van der Waals surface area contributed by atoms with Gasteiger partial charge in [-0.2, -0.15) is 0 Å². The quantitative estimate of drug-likeness (QED) is 0.294. The van der Waals surface area contributed by atoms with E-state index in [0.29, 0.717) is 12.5 Å². The maximum Gasteiger partial charge on any atom is 0.191 e. The van der Waals surface area contributed by atoms with E-state index in [1.165, 1.54) is 32.1 Å². The molecule has 0 saturated heterocycles. The first-order valence-corrected chi connectivity index (χ1v) is 9.94. The van der Waals surface area contributed by atoms with Gasteiger partial charge in [0.2, 0.25) is 0 Å². The molecule has 2 heterocycles. The summed E-state index contributed by atoms with van der Waals surface area (Å²) >= 11 is 0. The van der Waals surface area contributed by atoms with Crippen LogP contribution in [-0.4, -0.2) is 35.7 Å². The molecule has 6 nitrogen and oxygen atoms in total. The highest BCUT2D eigenvalue weighted by Crippen LogP contribution is 2.22. The van der Waals surface area contributed by atoms with Gasteiger partial charge in [-0.15, -0.1) is 24.0 Å². The molecule has 1 atom stereocenters. The molecule has 28 heavy (non-hydrogen) atoms. The van der Waals surface area contributed by atoms with Gasteiger partial charge in [0.1, 0.15) is 5.76 Å². The molecule has 3 N–H and O–H groups in total. The smallest absolute Gasteiger partial charge is 0.191 e. The standard InChI is InChI=1S/C21H30N4O2.HI/c26-20(18-8-11-22-12-9-18)16-25-21(23-13-10-19-7-4-14-27-19)24-15-17-5-2-1-3-6-17;/h4,7-9,11-12,14,17,20,26H,1-3,5-6,10,13,15-16H2,(H2,23,24,25);1H. The molecule has 0 bridgehead atoms. The van der Waals surface area contributed by atoms with Crippen molar-refractivity contribution in [1.82, 2.24) is 15.6 Å². The molecule has 0 amide bonds. The number of aliphatic hydroxyl groups excluding tert-OH is 1. The van der Waals surface area contributed by atoms with Crippen molar-refractivity contribution in [2.24, 2.45) is 10.9 Å². The molecule has 3 rings (SSSR count). The molecule has 154 valence electrons. The SMILES string of the molecule is I.OC(CN=C(NCCc1ccco1)NCC1CCCCC1)c1ccncc1. The number of nitrogens with one attached hydrogen (secondary N) is 2. The van der Waals surface area contributed by atoms with Crippen LogP contribution in [0, 0.1) is 5.92 Å². The van der Waals surface area contributed by atoms with Crippen molar-refractivity contribution >= 4 is 29.9 Å². The lowest BCUT2D eigenvalue weighted by Crippen LogP contribution is -2.41. The van der Waals surface area contributed by atoms with Crippen LogP contribution < -0.4 is 10.6 Å². The Bertz CT molecular complexity index is 673. The molecular formula is C21H31IN4O2. The van der Waals surface area contributed by atoms with Crippen LogP contribution in [0.5, 0.6) is 0 Å². The number of guanidine groups is 1. The monoisotopic (exact) mass is 498 g/mol. The minimum absolute atomic E-state index is 0. The Balaban J connectivity index is 0.00000280. The van der Waals surface area contributed by atoms with Gasteiger partial charge >= 0.3 is 0 Å². The maximum absolute atomic E-state index is 10.4. The molecule has 1 unspecified atom stereocenters. The highest BCUT2D eigenvalue weighted by molar-refractivity contribution is 14.0. The van der Waals surface area contributed by atoms with E-state index in [2.05, 4.69) is 20.6 Å². The lowest BCUT2D eigenvalue weighted by Gasteiger charge is -2.23. The first-order valence-electron chi connectivity index (χ1n) is 9.94. The molecule has 1 saturated carbocycles. The fourth-order valence-electron chi connectivity index (χ4n) is 3.43. The second-order valence-electron chi connectivity index (χ2n) is 7.13. The van der Waals surface area contributed by atoms with Gasteiger partial charge in [-0.3, -0.25) is 9.98 Å². The third kappa shape index (κ3) is 7.79. The number of aliphatic hydroxyl groups is 1. The summed E-state index contributed by atoms with van der Waals surface area (Å²) in [6.45, 7) is 1.97. The second-order valence-corrected chi connectivity index (χ2v) is 7.13. The van der Waals surface area contributed by atoms with Crippen molar-refractivity contribution < 1.29 is 9.52 Å². The Morgan fingerprint density at radius 2 is 1.96 bits per heavy atom. The molecule has 0 spiro atoms.